The van der Waals surface area contributed by atoms with Gasteiger partial charge in [0.25, 0.3) is 0 Å². The van der Waals surface area contributed by atoms with E-state index in [0.717, 1.165) is 31.7 Å². The lowest BCUT2D eigenvalue weighted by Gasteiger charge is -2.38. The van der Waals surface area contributed by atoms with Gasteiger partial charge in [-0.05, 0) is 37.3 Å². The molecule has 4 heteroatoms. The number of rotatable bonds is 14. The molecule has 0 N–H and O–H groups in total. The van der Waals surface area contributed by atoms with Gasteiger partial charge in [-0.25, -0.2) is 8.78 Å². The van der Waals surface area contributed by atoms with Crippen LogP contribution in [0.3, 0.4) is 0 Å². The number of unbranched alkanes of at least 4 members (excludes halogenated alkanes) is 5. The molecule has 0 aliphatic heterocycles. The standard InChI is InChI=1S/C22H36F2O2/c1-5-7-8-9-10-11-12-19(22(6-2,25-3)26-4)15-13-18-14-16-20(23)17-21(18)24/h14,16-17,19H,5-13,15H2,1-4H3. The van der Waals surface area contributed by atoms with E-state index in [9.17, 15) is 8.78 Å². The van der Waals surface area contributed by atoms with Gasteiger partial charge in [0.2, 0.25) is 0 Å². The Morgan fingerprint density at radius 1 is 0.923 bits per heavy atom. The summed E-state index contributed by atoms with van der Waals surface area (Å²) in [6.45, 7) is 4.27. The molecule has 0 aromatic heterocycles. The number of ether oxygens (including phenoxy) is 2. The summed E-state index contributed by atoms with van der Waals surface area (Å²) in [6.07, 6.45) is 10.5. The van der Waals surface area contributed by atoms with Crippen molar-refractivity contribution < 1.29 is 18.3 Å². The SMILES string of the molecule is CCCCCCCCC(CCc1ccc(F)cc1F)C(CC)(OC)OC. The number of hydrogen-bond donors (Lipinski definition) is 0. The Kier molecular flexibility index (Phi) is 11.0. The third kappa shape index (κ3) is 6.96. The molecule has 0 saturated heterocycles. The molecule has 0 radical (unpaired) electrons. The molecule has 26 heavy (non-hydrogen) atoms. The van der Waals surface area contributed by atoms with Crippen LogP contribution in [0, 0.1) is 17.6 Å². The Morgan fingerprint density at radius 3 is 2.15 bits per heavy atom. The molecular weight excluding hydrogens is 334 g/mol. The second-order valence-electron chi connectivity index (χ2n) is 7.10. The van der Waals surface area contributed by atoms with Crippen molar-refractivity contribution >= 4 is 0 Å². The zero-order chi connectivity index (χ0) is 19.4. The lowest BCUT2D eigenvalue weighted by Crippen LogP contribution is -2.41. The first-order valence-electron chi connectivity index (χ1n) is 10.1. The van der Waals surface area contributed by atoms with Crippen molar-refractivity contribution in [1.29, 1.82) is 0 Å². The van der Waals surface area contributed by atoms with Gasteiger partial charge in [0.05, 0.1) is 0 Å². The van der Waals surface area contributed by atoms with Crippen molar-refractivity contribution in [2.24, 2.45) is 5.92 Å². The van der Waals surface area contributed by atoms with Crippen molar-refractivity contribution in [3.05, 3.63) is 35.4 Å². The fourth-order valence-electron chi connectivity index (χ4n) is 3.80. The van der Waals surface area contributed by atoms with E-state index in [0.29, 0.717) is 12.0 Å². The zero-order valence-corrected chi connectivity index (χ0v) is 17.0. The predicted molar refractivity (Wildman–Crippen MR) is 103 cm³/mol. The van der Waals surface area contributed by atoms with Crippen LogP contribution in [0.1, 0.15) is 77.2 Å². The smallest absolute Gasteiger partial charge is 0.170 e. The van der Waals surface area contributed by atoms with Crippen molar-refractivity contribution in [3.63, 3.8) is 0 Å². The van der Waals surface area contributed by atoms with Crippen LogP contribution in [0.2, 0.25) is 0 Å². The fourth-order valence-corrected chi connectivity index (χ4v) is 3.80. The fraction of sp³-hybridized carbons (Fsp3) is 0.727. The highest BCUT2D eigenvalue weighted by Crippen LogP contribution is 2.34. The van der Waals surface area contributed by atoms with Crippen LogP contribution in [-0.2, 0) is 15.9 Å². The molecule has 1 atom stereocenters. The molecule has 1 aromatic rings. The molecule has 0 heterocycles. The first-order chi connectivity index (χ1) is 12.5. The van der Waals surface area contributed by atoms with Crippen LogP contribution < -0.4 is 0 Å². The van der Waals surface area contributed by atoms with Gasteiger partial charge in [-0.1, -0.05) is 58.4 Å². The van der Waals surface area contributed by atoms with Crippen molar-refractivity contribution in [2.75, 3.05) is 14.2 Å². The van der Waals surface area contributed by atoms with Crippen LogP contribution in [0.5, 0.6) is 0 Å². The first-order valence-corrected chi connectivity index (χ1v) is 10.1. The van der Waals surface area contributed by atoms with E-state index in [-0.39, 0.29) is 5.92 Å². The number of hydrogen-bond acceptors (Lipinski definition) is 2. The van der Waals surface area contributed by atoms with Gasteiger partial charge < -0.3 is 9.47 Å². The Balaban J connectivity index is 2.70. The molecule has 1 aromatic carbocycles. The third-order valence-electron chi connectivity index (χ3n) is 5.49. The quantitative estimate of drug-likeness (QED) is 0.269. The summed E-state index contributed by atoms with van der Waals surface area (Å²) in [6, 6.07) is 3.82. The Labute approximate surface area is 158 Å². The highest BCUT2D eigenvalue weighted by atomic mass is 19.1. The summed E-state index contributed by atoms with van der Waals surface area (Å²) >= 11 is 0. The molecule has 1 unspecified atom stereocenters. The summed E-state index contributed by atoms with van der Waals surface area (Å²) < 4.78 is 38.6. The van der Waals surface area contributed by atoms with E-state index < -0.39 is 17.4 Å². The van der Waals surface area contributed by atoms with E-state index in [1.165, 1.54) is 38.2 Å². The van der Waals surface area contributed by atoms with E-state index in [1.807, 2.05) is 0 Å². The van der Waals surface area contributed by atoms with Crippen molar-refractivity contribution in [2.45, 2.75) is 83.8 Å². The molecule has 0 spiro atoms. The van der Waals surface area contributed by atoms with Gasteiger partial charge in [-0.2, -0.15) is 0 Å². The lowest BCUT2D eigenvalue weighted by molar-refractivity contribution is -0.244. The summed E-state index contributed by atoms with van der Waals surface area (Å²) in [5.41, 5.74) is 0.552. The van der Waals surface area contributed by atoms with Gasteiger partial charge in [-0.3, -0.25) is 0 Å². The van der Waals surface area contributed by atoms with Crippen LogP contribution in [0.4, 0.5) is 8.78 Å². The van der Waals surface area contributed by atoms with Crippen molar-refractivity contribution in [3.8, 4) is 0 Å². The summed E-state index contributed by atoms with van der Waals surface area (Å²) in [5, 5.41) is 0. The number of methoxy groups -OCH3 is 2. The minimum absolute atomic E-state index is 0.179. The molecule has 2 nitrogen and oxygen atoms in total. The van der Waals surface area contributed by atoms with E-state index in [1.54, 1.807) is 20.3 Å². The molecule has 0 fully saturated rings. The van der Waals surface area contributed by atoms with Gasteiger partial charge >= 0.3 is 0 Å². The van der Waals surface area contributed by atoms with Gasteiger partial charge in [0, 0.05) is 26.2 Å². The first kappa shape index (κ1) is 23.0. The molecule has 0 saturated carbocycles. The molecule has 0 amide bonds. The molecule has 0 aliphatic carbocycles. The maximum atomic E-state index is 14.0. The van der Waals surface area contributed by atoms with Crippen LogP contribution in [0.15, 0.2) is 18.2 Å². The molecular formula is C22H36F2O2. The molecule has 0 aliphatic rings. The minimum atomic E-state index is -0.639. The summed E-state index contributed by atoms with van der Waals surface area (Å²) in [7, 11) is 3.36. The molecule has 1 rings (SSSR count). The Bertz CT molecular complexity index is 493. The third-order valence-corrected chi connectivity index (χ3v) is 5.49. The van der Waals surface area contributed by atoms with Crippen molar-refractivity contribution in [1.82, 2.24) is 0 Å². The van der Waals surface area contributed by atoms with E-state index in [4.69, 9.17) is 9.47 Å². The number of benzene rings is 1. The van der Waals surface area contributed by atoms with E-state index in [2.05, 4.69) is 13.8 Å². The maximum absolute atomic E-state index is 14.0. The van der Waals surface area contributed by atoms with E-state index >= 15 is 0 Å². The normalized spacial score (nSPS) is 13.2. The second kappa shape index (κ2) is 12.4. The summed E-state index contributed by atoms with van der Waals surface area (Å²) in [4.78, 5) is 0. The average Bonchev–Trinajstić information content (AvgIpc) is 2.64. The molecule has 0 bridgehead atoms. The number of halogens is 2. The van der Waals surface area contributed by atoms with Crippen LogP contribution >= 0.6 is 0 Å². The van der Waals surface area contributed by atoms with Crippen LogP contribution in [-0.4, -0.2) is 20.0 Å². The Morgan fingerprint density at radius 2 is 1.58 bits per heavy atom. The topological polar surface area (TPSA) is 18.5 Å². The van der Waals surface area contributed by atoms with Crippen LogP contribution in [0.25, 0.3) is 0 Å². The summed E-state index contributed by atoms with van der Waals surface area (Å²) in [5.74, 6) is -1.47. The Hall–Kier alpha value is -1.00. The van der Waals surface area contributed by atoms with Gasteiger partial charge in [0.15, 0.2) is 5.79 Å². The highest BCUT2D eigenvalue weighted by Gasteiger charge is 2.36. The minimum Gasteiger partial charge on any atom is -0.353 e. The van der Waals surface area contributed by atoms with Gasteiger partial charge in [0.1, 0.15) is 11.6 Å². The monoisotopic (exact) mass is 370 g/mol. The lowest BCUT2D eigenvalue weighted by atomic mass is 9.85. The van der Waals surface area contributed by atoms with Gasteiger partial charge in [-0.15, -0.1) is 0 Å². The average molecular weight is 371 g/mol. The number of aryl methyl sites for hydroxylation is 1. The second-order valence-corrected chi connectivity index (χ2v) is 7.10. The maximum Gasteiger partial charge on any atom is 0.170 e. The molecule has 150 valence electrons. The predicted octanol–water partition coefficient (Wildman–Crippen LogP) is 6.66. The highest BCUT2D eigenvalue weighted by molar-refractivity contribution is 5.18. The largest absolute Gasteiger partial charge is 0.353 e. The zero-order valence-electron chi connectivity index (χ0n) is 17.0.